The zero-order valence-corrected chi connectivity index (χ0v) is 20.9. The van der Waals surface area contributed by atoms with Gasteiger partial charge in [-0.05, 0) is 86.1 Å². The summed E-state index contributed by atoms with van der Waals surface area (Å²) in [7, 11) is -0.373. The molecule has 6 rings (SSSR count). The first-order valence-electron chi connectivity index (χ1n) is 12.2. The maximum Gasteiger partial charge on any atom is 0.494 e. The van der Waals surface area contributed by atoms with Gasteiger partial charge in [-0.1, -0.05) is 54.6 Å². The molecule has 0 saturated carbocycles. The van der Waals surface area contributed by atoms with Crippen molar-refractivity contribution in [3.05, 3.63) is 102 Å². The van der Waals surface area contributed by atoms with Crippen LogP contribution in [0, 0.1) is 6.57 Å². The molecule has 1 fully saturated rings. The van der Waals surface area contributed by atoms with E-state index in [1.54, 1.807) is 0 Å². The van der Waals surface area contributed by atoms with Gasteiger partial charge in [0.05, 0.1) is 28.8 Å². The molecule has 0 N–H and O–H groups in total. The summed E-state index contributed by atoms with van der Waals surface area (Å²) in [5.41, 5.74) is 6.51. The molecule has 176 valence electrons. The maximum absolute atomic E-state index is 7.51. The Hall–Kier alpha value is -3.85. The SMILES string of the molecule is [C-]#[N+]c1ccc2c(c1)c1cc(-c3ccc(B4OC(C)(C)C(C)(C)O4)cc3)ccc1n2-c1ccccc1. The van der Waals surface area contributed by atoms with Crippen molar-refractivity contribution in [2.75, 3.05) is 0 Å². The molecule has 4 nitrogen and oxygen atoms in total. The molecule has 1 aliphatic heterocycles. The highest BCUT2D eigenvalue weighted by molar-refractivity contribution is 6.62. The van der Waals surface area contributed by atoms with Gasteiger partial charge in [-0.25, -0.2) is 4.85 Å². The fourth-order valence-electron chi connectivity index (χ4n) is 4.93. The van der Waals surface area contributed by atoms with E-state index in [1.807, 2.05) is 18.2 Å². The minimum atomic E-state index is -0.373. The fourth-order valence-corrected chi connectivity index (χ4v) is 4.93. The molecule has 5 aromatic rings. The lowest BCUT2D eigenvalue weighted by atomic mass is 9.78. The number of fused-ring (bicyclic) bond motifs is 3. The van der Waals surface area contributed by atoms with E-state index >= 15 is 0 Å². The van der Waals surface area contributed by atoms with Crippen molar-refractivity contribution in [2.45, 2.75) is 38.9 Å². The average molecular weight is 470 g/mol. The lowest BCUT2D eigenvalue weighted by Gasteiger charge is -2.32. The lowest BCUT2D eigenvalue weighted by molar-refractivity contribution is 0.00578. The first-order valence-corrected chi connectivity index (χ1v) is 12.2. The van der Waals surface area contributed by atoms with Gasteiger partial charge in [0.15, 0.2) is 5.69 Å². The van der Waals surface area contributed by atoms with Crippen LogP contribution in [0.1, 0.15) is 27.7 Å². The van der Waals surface area contributed by atoms with Crippen LogP contribution in [0.5, 0.6) is 0 Å². The second-order valence-corrected chi connectivity index (χ2v) is 10.4. The van der Waals surface area contributed by atoms with Crippen LogP contribution in [0.3, 0.4) is 0 Å². The normalized spacial score (nSPS) is 16.5. The lowest BCUT2D eigenvalue weighted by Crippen LogP contribution is -2.41. The predicted octanol–water partition coefficient (Wildman–Crippen LogP) is 7.30. The zero-order valence-electron chi connectivity index (χ0n) is 20.9. The smallest absolute Gasteiger partial charge is 0.399 e. The van der Waals surface area contributed by atoms with E-state index in [0.717, 1.165) is 44.1 Å². The van der Waals surface area contributed by atoms with Crippen molar-refractivity contribution < 1.29 is 9.31 Å². The van der Waals surface area contributed by atoms with Crippen molar-refractivity contribution in [1.82, 2.24) is 4.57 Å². The molecule has 5 heteroatoms. The first-order chi connectivity index (χ1) is 17.3. The van der Waals surface area contributed by atoms with Gasteiger partial charge in [0.1, 0.15) is 0 Å². The summed E-state index contributed by atoms with van der Waals surface area (Å²) in [5, 5.41) is 2.21. The molecule has 0 radical (unpaired) electrons. The Kier molecular flexibility index (Phi) is 5.08. The monoisotopic (exact) mass is 470 g/mol. The number of para-hydroxylation sites is 1. The van der Waals surface area contributed by atoms with E-state index in [1.165, 1.54) is 0 Å². The maximum atomic E-state index is 7.51. The topological polar surface area (TPSA) is 27.8 Å². The van der Waals surface area contributed by atoms with Crippen LogP contribution in [0.25, 0.3) is 43.5 Å². The summed E-state index contributed by atoms with van der Waals surface area (Å²) >= 11 is 0. The van der Waals surface area contributed by atoms with E-state index in [0.29, 0.717) is 5.69 Å². The largest absolute Gasteiger partial charge is 0.494 e. The number of hydrogen-bond donors (Lipinski definition) is 0. The van der Waals surface area contributed by atoms with Crippen LogP contribution in [0.15, 0.2) is 91.0 Å². The Morgan fingerprint density at radius 3 is 1.92 bits per heavy atom. The van der Waals surface area contributed by atoms with Crippen LogP contribution in [0.2, 0.25) is 0 Å². The van der Waals surface area contributed by atoms with Gasteiger partial charge in [0.25, 0.3) is 0 Å². The third-order valence-electron chi connectivity index (χ3n) is 7.66. The quantitative estimate of drug-likeness (QED) is 0.204. The minimum Gasteiger partial charge on any atom is -0.399 e. The standard InChI is InChI=1S/C31H27BN2O2/c1-30(2)31(3,4)36-32(35-30)23-14-11-21(12-15-23)22-13-17-28-26(19-22)27-20-24(33-5)16-18-29(27)34(28)25-9-7-6-8-10-25/h6-20H,1-4H3. The molecule has 0 atom stereocenters. The minimum absolute atomic E-state index is 0.363. The zero-order chi connectivity index (χ0) is 25.1. The van der Waals surface area contributed by atoms with Crippen LogP contribution < -0.4 is 5.46 Å². The van der Waals surface area contributed by atoms with Gasteiger partial charge in [0.2, 0.25) is 0 Å². The number of rotatable bonds is 3. The van der Waals surface area contributed by atoms with Crippen molar-refractivity contribution in [3.63, 3.8) is 0 Å². The predicted molar refractivity (Wildman–Crippen MR) is 148 cm³/mol. The van der Waals surface area contributed by atoms with Gasteiger partial charge < -0.3 is 13.9 Å². The Morgan fingerprint density at radius 1 is 0.694 bits per heavy atom. The third-order valence-corrected chi connectivity index (χ3v) is 7.66. The van der Waals surface area contributed by atoms with E-state index in [9.17, 15) is 0 Å². The molecule has 1 aromatic heterocycles. The molecule has 0 amide bonds. The summed E-state index contributed by atoms with van der Waals surface area (Å²) in [6.07, 6.45) is 0. The van der Waals surface area contributed by atoms with Gasteiger partial charge >= 0.3 is 7.12 Å². The first kappa shape index (κ1) is 22.6. The Balaban J connectivity index is 1.44. The molecule has 0 aliphatic carbocycles. The van der Waals surface area contributed by atoms with E-state index in [-0.39, 0.29) is 18.3 Å². The van der Waals surface area contributed by atoms with Gasteiger partial charge in [0, 0.05) is 11.1 Å². The van der Waals surface area contributed by atoms with Gasteiger partial charge in [-0.3, -0.25) is 0 Å². The molecule has 4 aromatic carbocycles. The molecular formula is C31H27BN2O2. The Bertz CT molecular complexity index is 1630. The van der Waals surface area contributed by atoms with Crippen LogP contribution in [0.4, 0.5) is 5.69 Å². The average Bonchev–Trinajstić information content (AvgIpc) is 3.32. The van der Waals surface area contributed by atoms with Crippen molar-refractivity contribution >= 4 is 40.1 Å². The third kappa shape index (κ3) is 3.53. The number of hydrogen-bond acceptors (Lipinski definition) is 2. The van der Waals surface area contributed by atoms with Crippen molar-refractivity contribution in [1.29, 1.82) is 0 Å². The molecule has 0 spiro atoms. The molecule has 2 heterocycles. The molecule has 0 bridgehead atoms. The highest BCUT2D eigenvalue weighted by atomic mass is 16.7. The second kappa shape index (κ2) is 8.10. The van der Waals surface area contributed by atoms with Crippen molar-refractivity contribution in [3.8, 4) is 16.8 Å². The Labute approximate surface area is 212 Å². The molecule has 1 saturated heterocycles. The van der Waals surface area contributed by atoms with E-state index in [4.69, 9.17) is 15.9 Å². The Morgan fingerprint density at radius 2 is 1.28 bits per heavy atom. The summed E-state index contributed by atoms with van der Waals surface area (Å²) in [6.45, 7) is 15.8. The fraction of sp³-hybridized carbons (Fsp3) is 0.194. The molecule has 1 aliphatic rings. The number of aromatic nitrogens is 1. The van der Waals surface area contributed by atoms with Gasteiger partial charge in [-0.2, -0.15) is 0 Å². The highest BCUT2D eigenvalue weighted by Crippen LogP contribution is 2.38. The summed E-state index contributed by atoms with van der Waals surface area (Å²) in [6, 6.07) is 31.3. The number of benzene rings is 4. The molecule has 0 unspecified atom stereocenters. The van der Waals surface area contributed by atoms with Crippen LogP contribution in [-0.2, 0) is 9.31 Å². The van der Waals surface area contributed by atoms with E-state index in [2.05, 4.69) is 110 Å². The summed E-state index contributed by atoms with van der Waals surface area (Å²) in [4.78, 5) is 3.67. The van der Waals surface area contributed by atoms with E-state index < -0.39 is 0 Å². The highest BCUT2D eigenvalue weighted by Gasteiger charge is 2.51. The number of nitrogens with zero attached hydrogens (tertiary/aromatic N) is 2. The van der Waals surface area contributed by atoms with Gasteiger partial charge in [-0.15, -0.1) is 0 Å². The summed E-state index contributed by atoms with van der Waals surface area (Å²) < 4.78 is 14.7. The van der Waals surface area contributed by atoms with Crippen molar-refractivity contribution in [2.24, 2.45) is 0 Å². The van der Waals surface area contributed by atoms with Crippen LogP contribution in [-0.4, -0.2) is 22.9 Å². The second-order valence-electron chi connectivity index (χ2n) is 10.4. The van der Waals surface area contributed by atoms with Crippen LogP contribution >= 0.6 is 0 Å². The molecule has 36 heavy (non-hydrogen) atoms. The summed E-state index contributed by atoms with van der Waals surface area (Å²) in [5.74, 6) is 0. The molecular weight excluding hydrogens is 443 g/mol.